The van der Waals surface area contributed by atoms with Crippen LogP contribution < -0.4 is 10.1 Å². The first-order valence-corrected chi connectivity index (χ1v) is 9.51. The number of nitrogens with zero attached hydrogens (tertiary/aromatic N) is 4. The van der Waals surface area contributed by atoms with E-state index in [1.165, 1.54) is 0 Å². The molecular formula is C19H17N5O2S. The Bertz CT molecular complexity index is 1140. The zero-order valence-electron chi connectivity index (χ0n) is 14.6. The van der Waals surface area contributed by atoms with Crippen molar-refractivity contribution in [1.82, 2.24) is 24.5 Å². The monoisotopic (exact) mass is 379 g/mol. The van der Waals surface area contributed by atoms with Crippen LogP contribution in [0.4, 0.5) is 0 Å². The van der Waals surface area contributed by atoms with E-state index in [1.807, 2.05) is 48.2 Å². The van der Waals surface area contributed by atoms with Crippen LogP contribution in [0.5, 0.6) is 5.75 Å². The molecule has 0 saturated carbocycles. The van der Waals surface area contributed by atoms with Gasteiger partial charge < -0.3 is 10.1 Å². The molecule has 1 aliphatic rings. The lowest BCUT2D eigenvalue weighted by molar-refractivity contribution is -0.121. The van der Waals surface area contributed by atoms with Crippen LogP contribution in [0.2, 0.25) is 0 Å². The molecule has 1 amide bonds. The van der Waals surface area contributed by atoms with Crippen molar-refractivity contribution in [3.8, 4) is 11.4 Å². The van der Waals surface area contributed by atoms with Gasteiger partial charge in [0.1, 0.15) is 11.4 Å². The summed E-state index contributed by atoms with van der Waals surface area (Å²) < 4.78 is 9.33. The third-order valence-electron chi connectivity index (χ3n) is 4.88. The summed E-state index contributed by atoms with van der Waals surface area (Å²) in [6.45, 7) is 0.458. The van der Waals surface area contributed by atoms with Crippen LogP contribution in [-0.4, -0.2) is 32.2 Å². The van der Waals surface area contributed by atoms with E-state index in [9.17, 15) is 4.79 Å². The second kappa shape index (κ2) is 6.24. The van der Waals surface area contributed by atoms with E-state index in [4.69, 9.17) is 9.72 Å². The van der Waals surface area contributed by atoms with Crippen molar-refractivity contribution in [1.29, 1.82) is 0 Å². The highest BCUT2D eigenvalue weighted by Gasteiger charge is 2.30. The van der Waals surface area contributed by atoms with Gasteiger partial charge in [-0.15, -0.1) is 11.3 Å². The average Bonchev–Trinajstić information content (AvgIpc) is 3.38. The number of amides is 1. The van der Waals surface area contributed by atoms with E-state index in [0.717, 1.165) is 33.3 Å². The molecule has 3 aromatic heterocycles. The van der Waals surface area contributed by atoms with Crippen molar-refractivity contribution in [2.75, 3.05) is 7.11 Å². The van der Waals surface area contributed by atoms with Crippen molar-refractivity contribution in [2.24, 2.45) is 0 Å². The highest BCUT2D eigenvalue weighted by Crippen LogP contribution is 2.34. The molecule has 8 heteroatoms. The topological polar surface area (TPSA) is 73.5 Å². The summed E-state index contributed by atoms with van der Waals surface area (Å²) in [7, 11) is 1.64. The molecule has 0 aliphatic carbocycles. The summed E-state index contributed by atoms with van der Waals surface area (Å²) >= 11 is 1.59. The van der Waals surface area contributed by atoms with Crippen LogP contribution in [-0.2, 0) is 11.3 Å². The van der Waals surface area contributed by atoms with Crippen LogP contribution in [0.3, 0.4) is 0 Å². The summed E-state index contributed by atoms with van der Waals surface area (Å²) in [5, 5.41) is 9.49. The smallest absolute Gasteiger partial charge is 0.221 e. The molecule has 0 unspecified atom stereocenters. The molecule has 0 saturated heterocycles. The number of thiazole rings is 1. The zero-order chi connectivity index (χ0) is 18.4. The molecule has 4 aromatic rings. The largest absolute Gasteiger partial charge is 0.494 e. The molecule has 4 heterocycles. The molecule has 27 heavy (non-hydrogen) atoms. The van der Waals surface area contributed by atoms with E-state index >= 15 is 0 Å². The Morgan fingerprint density at radius 2 is 2.22 bits per heavy atom. The van der Waals surface area contributed by atoms with Gasteiger partial charge in [-0.3, -0.25) is 9.20 Å². The van der Waals surface area contributed by atoms with Gasteiger partial charge in [0.15, 0.2) is 4.96 Å². The molecule has 0 bridgehead atoms. The van der Waals surface area contributed by atoms with Crippen LogP contribution in [0, 0.1) is 0 Å². The molecular weight excluding hydrogens is 362 g/mol. The van der Waals surface area contributed by atoms with Crippen LogP contribution in [0.1, 0.15) is 29.3 Å². The quantitative estimate of drug-likeness (QED) is 0.594. The number of aromatic nitrogens is 4. The van der Waals surface area contributed by atoms with Crippen LogP contribution in [0.15, 0.2) is 48.2 Å². The maximum Gasteiger partial charge on any atom is 0.221 e. The second-order valence-electron chi connectivity index (χ2n) is 6.42. The molecule has 1 aliphatic heterocycles. The molecule has 0 radical (unpaired) electrons. The fraction of sp³-hybridized carbons (Fsp3) is 0.211. The minimum absolute atomic E-state index is 0.0204. The lowest BCUT2D eigenvalue weighted by atomic mass is 9.94. The van der Waals surface area contributed by atoms with Gasteiger partial charge in [-0.2, -0.15) is 5.10 Å². The number of nitrogens with one attached hydrogen (secondary N) is 1. The third kappa shape index (κ3) is 2.60. The minimum Gasteiger partial charge on any atom is -0.494 e. The normalized spacial score (nSPS) is 16.8. The van der Waals surface area contributed by atoms with Crippen molar-refractivity contribution in [3.63, 3.8) is 0 Å². The number of carbonyl (C=O) groups excluding carboxylic acids is 1. The van der Waals surface area contributed by atoms with Gasteiger partial charge >= 0.3 is 0 Å². The number of hydrogen-bond donors (Lipinski definition) is 1. The number of carbonyl (C=O) groups is 1. The first-order chi connectivity index (χ1) is 13.2. The van der Waals surface area contributed by atoms with E-state index < -0.39 is 0 Å². The van der Waals surface area contributed by atoms with Gasteiger partial charge in [0.2, 0.25) is 5.91 Å². The predicted octanol–water partition coefficient (Wildman–Crippen LogP) is 2.74. The number of imidazole rings is 1. The summed E-state index contributed by atoms with van der Waals surface area (Å²) in [5.41, 5.74) is 3.82. The first-order valence-electron chi connectivity index (χ1n) is 8.63. The Morgan fingerprint density at radius 1 is 1.33 bits per heavy atom. The Balaban J connectivity index is 1.62. The van der Waals surface area contributed by atoms with E-state index in [-0.39, 0.29) is 11.8 Å². The second-order valence-corrected chi connectivity index (χ2v) is 7.30. The molecule has 1 N–H and O–H groups in total. The number of methoxy groups -OCH3 is 1. The predicted molar refractivity (Wildman–Crippen MR) is 101 cm³/mol. The summed E-state index contributed by atoms with van der Waals surface area (Å²) in [6, 6.07) is 7.73. The fourth-order valence-electron chi connectivity index (χ4n) is 3.63. The van der Waals surface area contributed by atoms with Crippen LogP contribution >= 0.6 is 11.3 Å². The lowest BCUT2D eigenvalue weighted by Gasteiger charge is -2.12. The molecule has 7 nitrogen and oxygen atoms in total. The van der Waals surface area contributed by atoms with Crippen LogP contribution in [0.25, 0.3) is 10.6 Å². The number of para-hydroxylation sites is 2. The molecule has 5 rings (SSSR count). The average molecular weight is 379 g/mol. The highest BCUT2D eigenvalue weighted by atomic mass is 32.1. The summed E-state index contributed by atoms with van der Waals surface area (Å²) in [6.07, 6.45) is 6.18. The van der Waals surface area contributed by atoms with Gasteiger partial charge in [-0.05, 0) is 12.1 Å². The Kier molecular flexibility index (Phi) is 3.71. The lowest BCUT2D eigenvalue weighted by Crippen LogP contribution is -2.21. The maximum absolute atomic E-state index is 12.3. The summed E-state index contributed by atoms with van der Waals surface area (Å²) in [4.78, 5) is 17.9. The summed E-state index contributed by atoms with van der Waals surface area (Å²) in [5.74, 6) is 0.665. The van der Waals surface area contributed by atoms with E-state index in [1.54, 1.807) is 23.1 Å². The SMILES string of the molecule is COc1ccccc1-n1cc([C@@H]2CC(=O)NCc3nc4sccn4c32)cn1. The number of ether oxygens (including phenoxy) is 1. The standard InChI is InChI=1S/C19H17N5O2S/c1-26-16-5-3-2-4-15(16)24-11-12(9-21-24)13-8-17(25)20-10-14-18(13)23-6-7-27-19(23)22-14/h2-7,9,11,13H,8,10H2,1H3,(H,20,25)/t13-/m0/s1. The van der Waals surface area contributed by atoms with Crippen molar-refractivity contribution in [2.45, 2.75) is 18.9 Å². The van der Waals surface area contributed by atoms with E-state index in [0.29, 0.717) is 13.0 Å². The van der Waals surface area contributed by atoms with Gasteiger partial charge in [0.25, 0.3) is 0 Å². The zero-order valence-corrected chi connectivity index (χ0v) is 15.4. The molecule has 1 atom stereocenters. The molecule has 0 spiro atoms. The fourth-order valence-corrected chi connectivity index (χ4v) is 4.37. The first kappa shape index (κ1) is 16.1. The van der Waals surface area contributed by atoms with Gasteiger partial charge in [-0.25, -0.2) is 9.67 Å². The maximum atomic E-state index is 12.3. The Hall–Kier alpha value is -3.13. The highest BCUT2D eigenvalue weighted by molar-refractivity contribution is 7.15. The van der Waals surface area contributed by atoms with Gasteiger partial charge in [0, 0.05) is 35.7 Å². The van der Waals surface area contributed by atoms with Gasteiger partial charge in [0.05, 0.1) is 31.2 Å². The number of hydrogen-bond acceptors (Lipinski definition) is 5. The van der Waals surface area contributed by atoms with Crippen molar-refractivity contribution < 1.29 is 9.53 Å². The third-order valence-corrected chi connectivity index (χ3v) is 5.64. The molecule has 0 fully saturated rings. The molecule has 1 aromatic carbocycles. The number of fused-ring (bicyclic) bond motifs is 3. The number of benzene rings is 1. The minimum atomic E-state index is -0.101. The van der Waals surface area contributed by atoms with Gasteiger partial charge in [-0.1, -0.05) is 12.1 Å². The number of rotatable bonds is 3. The Labute approximate surface area is 159 Å². The van der Waals surface area contributed by atoms with Crippen molar-refractivity contribution in [3.05, 3.63) is 65.2 Å². The Morgan fingerprint density at radius 3 is 3.11 bits per heavy atom. The molecule has 136 valence electrons. The van der Waals surface area contributed by atoms with Crippen molar-refractivity contribution >= 4 is 22.2 Å². The van der Waals surface area contributed by atoms with E-state index in [2.05, 4.69) is 14.8 Å².